The Hall–Kier alpha value is -3.05. The van der Waals surface area contributed by atoms with Gasteiger partial charge in [0.25, 0.3) is 15.9 Å². The van der Waals surface area contributed by atoms with Crippen molar-refractivity contribution in [3.8, 4) is 11.8 Å². The number of sulfonamides is 1. The fourth-order valence-electron chi connectivity index (χ4n) is 2.80. The van der Waals surface area contributed by atoms with Crippen molar-refractivity contribution in [1.29, 1.82) is 5.26 Å². The van der Waals surface area contributed by atoms with E-state index >= 15 is 0 Å². The molecule has 2 aromatic carbocycles. The Kier molecular flexibility index (Phi) is 5.62. The maximum absolute atomic E-state index is 12.5. The van der Waals surface area contributed by atoms with Crippen LogP contribution in [-0.4, -0.2) is 38.9 Å². The fraction of sp³-hybridized carbons (Fsp3) is 0.263. The van der Waals surface area contributed by atoms with Crippen LogP contribution >= 0.6 is 0 Å². The van der Waals surface area contributed by atoms with Gasteiger partial charge in [-0.05, 0) is 43.2 Å². The topological polar surface area (TPSA) is 99.5 Å². The van der Waals surface area contributed by atoms with Crippen LogP contribution in [0.2, 0.25) is 0 Å². The van der Waals surface area contributed by atoms with Crippen LogP contribution in [0.5, 0.6) is 5.75 Å². The zero-order valence-corrected chi connectivity index (χ0v) is 15.4. The van der Waals surface area contributed by atoms with Crippen molar-refractivity contribution in [3.05, 3.63) is 54.1 Å². The second-order valence-corrected chi connectivity index (χ2v) is 7.83. The molecule has 27 heavy (non-hydrogen) atoms. The third kappa shape index (κ3) is 4.77. The molecule has 0 aliphatic carbocycles. The molecule has 0 aromatic heterocycles. The van der Waals surface area contributed by atoms with Gasteiger partial charge in [0.1, 0.15) is 5.75 Å². The number of ether oxygens (including phenoxy) is 1. The minimum Gasteiger partial charge on any atom is -0.484 e. The van der Waals surface area contributed by atoms with Crippen LogP contribution < -0.4 is 9.46 Å². The molecule has 1 aliphatic heterocycles. The number of hydrogen-bond acceptors (Lipinski definition) is 5. The van der Waals surface area contributed by atoms with Crippen molar-refractivity contribution >= 4 is 21.6 Å². The number of nitriles is 1. The zero-order valence-electron chi connectivity index (χ0n) is 14.6. The van der Waals surface area contributed by atoms with Crippen molar-refractivity contribution in [1.82, 2.24) is 4.90 Å². The van der Waals surface area contributed by atoms with Gasteiger partial charge in [0.15, 0.2) is 6.61 Å². The molecule has 1 heterocycles. The predicted molar refractivity (Wildman–Crippen MR) is 99.7 cm³/mol. The van der Waals surface area contributed by atoms with E-state index in [4.69, 9.17) is 10.00 Å². The Morgan fingerprint density at radius 3 is 2.63 bits per heavy atom. The van der Waals surface area contributed by atoms with E-state index < -0.39 is 10.0 Å². The standard InChI is InChI=1S/C19H19N3O4S/c20-13-15-5-3-8-18(11-15)27(24,25)21-16-6-4-7-17(12-16)26-14-19(23)22-9-1-2-10-22/h3-8,11-12,21H,1-2,9-10,14H2. The normalized spacial score (nSPS) is 13.8. The smallest absolute Gasteiger partial charge is 0.261 e. The maximum atomic E-state index is 12.5. The summed E-state index contributed by atoms with van der Waals surface area (Å²) >= 11 is 0. The van der Waals surface area contributed by atoms with Gasteiger partial charge in [-0.3, -0.25) is 9.52 Å². The summed E-state index contributed by atoms with van der Waals surface area (Å²) in [6.45, 7) is 1.42. The Morgan fingerprint density at radius 2 is 1.89 bits per heavy atom. The van der Waals surface area contributed by atoms with Gasteiger partial charge in [0.05, 0.1) is 22.2 Å². The van der Waals surface area contributed by atoms with E-state index in [0.717, 1.165) is 25.9 Å². The maximum Gasteiger partial charge on any atom is 0.261 e. The number of carbonyl (C=O) groups excluding carboxylic acids is 1. The first-order valence-electron chi connectivity index (χ1n) is 8.51. The van der Waals surface area contributed by atoms with Gasteiger partial charge >= 0.3 is 0 Å². The second kappa shape index (κ2) is 8.10. The minimum atomic E-state index is -3.84. The summed E-state index contributed by atoms with van der Waals surface area (Å²) in [6, 6.07) is 14.1. The van der Waals surface area contributed by atoms with Gasteiger partial charge in [-0.2, -0.15) is 5.26 Å². The van der Waals surface area contributed by atoms with E-state index in [-0.39, 0.29) is 23.0 Å². The Bertz CT molecular complexity index is 976. The van der Waals surface area contributed by atoms with Crippen molar-refractivity contribution in [2.45, 2.75) is 17.7 Å². The van der Waals surface area contributed by atoms with Crippen LogP contribution in [0.15, 0.2) is 53.4 Å². The van der Waals surface area contributed by atoms with Gasteiger partial charge in [-0.25, -0.2) is 8.42 Å². The number of nitrogens with zero attached hydrogens (tertiary/aromatic N) is 2. The molecular weight excluding hydrogens is 366 g/mol. The monoisotopic (exact) mass is 385 g/mol. The van der Waals surface area contributed by atoms with Crippen LogP contribution in [0.25, 0.3) is 0 Å². The molecule has 0 radical (unpaired) electrons. The zero-order chi connectivity index (χ0) is 19.3. The summed E-state index contributed by atoms with van der Waals surface area (Å²) < 4.78 is 33.0. The van der Waals surface area contributed by atoms with Crippen molar-refractivity contribution in [3.63, 3.8) is 0 Å². The number of likely N-dealkylation sites (tertiary alicyclic amines) is 1. The number of amides is 1. The van der Waals surface area contributed by atoms with E-state index in [1.165, 1.54) is 30.3 Å². The lowest BCUT2D eigenvalue weighted by molar-refractivity contribution is -0.132. The van der Waals surface area contributed by atoms with Crippen LogP contribution in [-0.2, 0) is 14.8 Å². The molecule has 7 nitrogen and oxygen atoms in total. The Balaban J connectivity index is 1.67. The highest BCUT2D eigenvalue weighted by Crippen LogP contribution is 2.21. The number of anilines is 1. The molecule has 0 unspecified atom stereocenters. The van der Waals surface area contributed by atoms with Crippen LogP contribution in [0.3, 0.4) is 0 Å². The summed E-state index contributed by atoms with van der Waals surface area (Å²) in [7, 11) is -3.84. The number of carbonyl (C=O) groups is 1. The third-order valence-corrected chi connectivity index (χ3v) is 5.56. The lowest BCUT2D eigenvalue weighted by Gasteiger charge is -2.16. The fourth-order valence-corrected chi connectivity index (χ4v) is 3.89. The summed E-state index contributed by atoms with van der Waals surface area (Å²) in [5, 5.41) is 8.92. The van der Waals surface area contributed by atoms with Crippen molar-refractivity contribution < 1.29 is 17.9 Å². The largest absolute Gasteiger partial charge is 0.484 e. The predicted octanol–water partition coefficient (Wildman–Crippen LogP) is 2.36. The summed E-state index contributed by atoms with van der Waals surface area (Å²) in [4.78, 5) is 13.8. The summed E-state index contributed by atoms with van der Waals surface area (Å²) in [6.07, 6.45) is 2.02. The summed E-state index contributed by atoms with van der Waals surface area (Å²) in [5.41, 5.74) is 0.568. The first-order chi connectivity index (χ1) is 13.0. The van der Waals surface area contributed by atoms with E-state index in [2.05, 4.69) is 4.72 Å². The van der Waals surface area contributed by atoms with Gasteiger partial charge < -0.3 is 9.64 Å². The SMILES string of the molecule is N#Cc1cccc(S(=O)(=O)Nc2cccc(OCC(=O)N3CCCC3)c2)c1. The highest BCUT2D eigenvalue weighted by molar-refractivity contribution is 7.92. The number of rotatable bonds is 6. The molecule has 0 bridgehead atoms. The van der Waals surface area contributed by atoms with Gasteiger partial charge in [-0.15, -0.1) is 0 Å². The molecule has 0 spiro atoms. The molecule has 0 saturated carbocycles. The van der Waals surface area contributed by atoms with Gasteiger partial charge in [0, 0.05) is 19.2 Å². The van der Waals surface area contributed by atoms with Crippen LogP contribution in [0.1, 0.15) is 18.4 Å². The molecular formula is C19H19N3O4S. The highest BCUT2D eigenvalue weighted by atomic mass is 32.2. The molecule has 2 aromatic rings. The molecule has 3 rings (SSSR count). The van der Waals surface area contributed by atoms with Crippen LogP contribution in [0.4, 0.5) is 5.69 Å². The second-order valence-electron chi connectivity index (χ2n) is 6.15. The average molecular weight is 385 g/mol. The van der Waals surface area contributed by atoms with E-state index in [1.807, 2.05) is 6.07 Å². The summed E-state index contributed by atoms with van der Waals surface area (Å²) in [5.74, 6) is 0.320. The van der Waals surface area contributed by atoms with E-state index in [1.54, 1.807) is 23.1 Å². The van der Waals surface area contributed by atoms with Crippen molar-refractivity contribution in [2.75, 3.05) is 24.4 Å². The third-order valence-electron chi connectivity index (χ3n) is 4.18. The quantitative estimate of drug-likeness (QED) is 0.823. The number of nitrogens with one attached hydrogen (secondary N) is 1. The first kappa shape index (κ1) is 18.7. The first-order valence-corrected chi connectivity index (χ1v) is 10.00. The number of hydrogen-bond donors (Lipinski definition) is 1. The lowest BCUT2D eigenvalue weighted by atomic mass is 10.2. The van der Waals surface area contributed by atoms with E-state index in [0.29, 0.717) is 11.4 Å². The van der Waals surface area contributed by atoms with Gasteiger partial charge in [0.2, 0.25) is 0 Å². The van der Waals surface area contributed by atoms with Crippen molar-refractivity contribution in [2.24, 2.45) is 0 Å². The Morgan fingerprint density at radius 1 is 1.15 bits per heavy atom. The average Bonchev–Trinajstić information content (AvgIpc) is 3.21. The minimum absolute atomic E-state index is 0.00270. The van der Waals surface area contributed by atoms with Gasteiger partial charge in [-0.1, -0.05) is 12.1 Å². The highest BCUT2D eigenvalue weighted by Gasteiger charge is 2.18. The molecule has 1 fully saturated rings. The lowest BCUT2D eigenvalue weighted by Crippen LogP contribution is -2.32. The Labute approximate surface area is 158 Å². The molecule has 1 amide bonds. The molecule has 140 valence electrons. The van der Waals surface area contributed by atoms with Crippen LogP contribution in [0, 0.1) is 11.3 Å². The molecule has 1 N–H and O–H groups in total. The molecule has 1 aliphatic rings. The van der Waals surface area contributed by atoms with E-state index in [9.17, 15) is 13.2 Å². The molecule has 0 atom stereocenters. The number of benzene rings is 2. The molecule has 1 saturated heterocycles. The molecule has 8 heteroatoms.